The number of fused-ring (bicyclic) bond motifs is 2. The number of carbonyl (C=O) groups is 1. The van der Waals surface area contributed by atoms with Crippen molar-refractivity contribution in [2.45, 2.75) is 37.6 Å². The van der Waals surface area contributed by atoms with Crippen molar-refractivity contribution in [3.05, 3.63) is 52.2 Å². The van der Waals surface area contributed by atoms with E-state index >= 15 is 0 Å². The highest BCUT2D eigenvalue weighted by Crippen LogP contribution is 2.43. The van der Waals surface area contributed by atoms with Crippen LogP contribution in [0.1, 0.15) is 30.5 Å². The zero-order valence-corrected chi connectivity index (χ0v) is 13.0. The molecule has 0 aromatic carbocycles. The first-order valence-electron chi connectivity index (χ1n) is 8.14. The van der Waals surface area contributed by atoms with Crippen LogP contribution in [0.25, 0.3) is 0 Å². The molecule has 1 atom stereocenters. The summed E-state index contributed by atoms with van der Waals surface area (Å²) >= 11 is 0. The van der Waals surface area contributed by atoms with E-state index in [-0.39, 0.29) is 23.4 Å². The Labute approximate surface area is 134 Å². The molecule has 4 rings (SSSR count). The van der Waals surface area contributed by atoms with E-state index in [1.165, 1.54) is 21.9 Å². The van der Waals surface area contributed by atoms with Crippen LogP contribution in [0, 0.1) is 0 Å². The van der Waals surface area contributed by atoms with Gasteiger partial charge in [0.2, 0.25) is 5.91 Å². The minimum atomic E-state index is -0.135. The molecule has 1 fully saturated rings. The number of likely N-dealkylation sites (tertiary alicyclic amines) is 1. The van der Waals surface area contributed by atoms with Crippen molar-refractivity contribution in [3.8, 4) is 0 Å². The molecule has 1 spiro atoms. The fourth-order valence-corrected chi connectivity index (χ4v) is 4.05. The molecule has 6 heteroatoms. The Kier molecular flexibility index (Phi) is 3.32. The third-order valence-electron chi connectivity index (χ3n) is 5.26. The van der Waals surface area contributed by atoms with E-state index in [0.717, 1.165) is 38.8 Å². The number of hydrogen-bond acceptors (Lipinski definition) is 3. The lowest BCUT2D eigenvalue weighted by atomic mass is 9.77. The summed E-state index contributed by atoms with van der Waals surface area (Å²) in [6, 6.07) is 4.95. The molecular weight excluding hydrogens is 292 g/mol. The molecule has 1 amide bonds. The average molecular weight is 312 g/mol. The molecule has 1 N–H and O–H groups in total. The predicted octanol–water partition coefficient (Wildman–Crippen LogP) is 1.08. The topological polar surface area (TPSA) is 71.0 Å². The summed E-state index contributed by atoms with van der Waals surface area (Å²) in [5, 5.41) is 7.32. The summed E-state index contributed by atoms with van der Waals surface area (Å²) in [5.41, 5.74) is 2.40. The van der Waals surface area contributed by atoms with Crippen molar-refractivity contribution in [1.82, 2.24) is 19.7 Å². The second-order valence-corrected chi connectivity index (χ2v) is 6.64. The maximum Gasteiger partial charge on any atom is 0.250 e. The van der Waals surface area contributed by atoms with E-state index in [1.54, 1.807) is 18.3 Å². The summed E-state index contributed by atoms with van der Waals surface area (Å²) in [4.78, 5) is 26.4. The minimum Gasteiger partial charge on any atom is -0.340 e. The zero-order valence-electron chi connectivity index (χ0n) is 13.0. The molecule has 1 aliphatic carbocycles. The van der Waals surface area contributed by atoms with Gasteiger partial charge in [-0.3, -0.25) is 14.7 Å². The number of carbonyl (C=O) groups excluding carboxylic acids is 1. The fourth-order valence-electron chi connectivity index (χ4n) is 4.05. The maximum absolute atomic E-state index is 12.7. The zero-order chi connectivity index (χ0) is 15.9. The van der Waals surface area contributed by atoms with E-state index < -0.39 is 0 Å². The van der Waals surface area contributed by atoms with Gasteiger partial charge in [-0.15, -0.1) is 0 Å². The number of aromatic amines is 1. The highest BCUT2D eigenvalue weighted by atomic mass is 16.2. The monoisotopic (exact) mass is 312 g/mol. The average Bonchev–Trinajstić information content (AvgIpc) is 3.15. The van der Waals surface area contributed by atoms with Gasteiger partial charge in [-0.05, 0) is 37.3 Å². The molecule has 0 radical (unpaired) electrons. The molecule has 0 bridgehead atoms. The minimum absolute atomic E-state index is 0.0188. The van der Waals surface area contributed by atoms with Crippen LogP contribution in [-0.4, -0.2) is 38.7 Å². The summed E-state index contributed by atoms with van der Waals surface area (Å²) in [6.45, 7) is 1.61. The van der Waals surface area contributed by atoms with Gasteiger partial charge < -0.3 is 9.47 Å². The lowest BCUT2D eigenvalue weighted by molar-refractivity contribution is -0.134. The Bertz CT molecular complexity index is 794. The van der Waals surface area contributed by atoms with Gasteiger partial charge in [-0.25, -0.2) is 0 Å². The highest BCUT2D eigenvalue weighted by Gasteiger charge is 2.44. The van der Waals surface area contributed by atoms with E-state index in [4.69, 9.17) is 0 Å². The van der Waals surface area contributed by atoms with E-state index in [0.29, 0.717) is 0 Å². The van der Waals surface area contributed by atoms with Gasteiger partial charge in [0.1, 0.15) is 6.54 Å². The lowest BCUT2D eigenvalue weighted by Crippen LogP contribution is -2.49. The molecular formula is C17H20N4O2. The predicted molar refractivity (Wildman–Crippen MR) is 85.1 cm³/mol. The molecule has 6 nitrogen and oxygen atoms in total. The summed E-state index contributed by atoms with van der Waals surface area (Å²) < 4.78 is 1.47. The Morgan fingerprint density at radius 2 is 2.26 bits per heavy atom. The number of pyridine rings is 1. The first-order chi connectivity index (χ1) is 11.2. The fraction of sp³-hybridized carbons (Fsp3) is 0.471. The quantitative estimate of drug-likeness (QED) is 0.902. The highest BCUT2D eigenvalue weighted by molar-refractivity contribution is 5.76. The van der Waals surface area contributed by atoms with E-state index in [9.17, 15) is 9.59 Å². The maximum atomic E-state index is 12.7. The number of piperidine rings is 1. The first-order valence-corrected chi connectivity index (χ1v) is 8.14. The molecule has 1 aliphatic heterocycles. The lowest BCUT2D eigenvalue weighted by Gasteiger charge is -2.40. The number of nitrogens with one attached hydrogen (secondary N) is 1. The normalized spacial score (nSPS) is 23.2. The number of aryl methyl sites for hydroxylation is 1. The summed E-state index contributed by atoms with van der Waals surface area (Å²) in [6.07, 6.45) is 7.78. The van der Waals surface area contributed by atoms with Gasteiger partial charge in [-0.1, -0.05) is 6.07 Å². The van der Waals surface area contributed by atoms with Crippen LogP contribution >= 0.6 is 0 Å². The third kappa shape index (κ3) is 2.38. The Balaban J connectivity index is 1.53. The second kappa shape index (κ2) is 5.37. The Hall–Kier alpha value is -2.37. The van der Waals surface area contributed by atoms with E-state index in [2.05, 4.69) is 10.2 Å². The molecule has 1 unspecified atom stereocenters. The molecule has 2 aromatic rings. The van der Waals surface area contributed by atoms with Crippen molar-refractivity contribution in [2.75, 3.05) is 13.1 Å². The number of rotatable bonds is 2. The van der Waals surface area contributed by atoms with Crippen LogP contribution in [0.4, 0.5) is 0 Å². The van der Waals surface area contributed by atoms with Crippen molar-refractivity contribution in [2.24, 2.45) is 0 Å². The van der Waals surface area contributed by atoms with Crippen molar-refractivity contribution >= 4 is 5.91 Å². The first kappa shape index (κ1) is 14.2. The molecule has 1 saturated heterocycles. The Morgan fingerprint density at radius 3 is 3.13 bits per heavy atom. The van der Waals surface area contributed by atoms with Crippen LogP contribution in [0.3, 0.4) is 0 Å². The van der Waals surface area contributed by atoms with Crippen LogP contribution in [-0.2, 0) is 23.2 Å². The Morgan fingerprint density at radius 1 is 1.35 bits per heavy atom. The standard InChI is InChI=1S/C17H20N4O2/c22-14-4-1-2-8-20(14)11-15(23)21-9-3-6-17(12-21)7-5-13-10-18-19-16(13)17/h1-2,4,8,10H,3,5-7,9,11-12H2,(H,18,19). The van der Waals surface area contributed by atoms with Gasteiger partial charge in [0.15, 0.2) is 0 Å². The molecule has 2 aromatic heterocycles. The van der Waals surface area contributed by atoms with Crippen molar-refractivity contribution in [1.29, 1.82) is 0 Å². The molecule has 0 saturated carbocycles. The number of nitrogens with zero attached hydrogens (tertiary/aromatic N) is 3. The molecule has 23 heavy (non-hydrogen) atoms. The van der Waals surface area contributed by atoms with Gasteiger partial charge in [-0.2, -0.15) is 5.10 Å². The molecule has 3 heterocycles. The van der Waals surface area contributed by atoms with Gasteiger partial charge in [0.05, 0.1) is 6.20 Å². The number of H-pyrrole nitrogens is 1. The van der Waals surface area contributed by atoms with Crippen molar-refractivity contribution < 1.29 is 4.79 Å². The SMILES string of the molecule is O=C(Cn1ccccc1=O)N1CCCC2(CCc3cn[nH]c32)C1. The molecule has 120 valence electrons. The smallest absolute Gasteiger partial charge is 0.250 e. The second-order valence-electron chi connectivity index (χ2n) is 6.64. The van der Waals surface area contributed by atoms with Crippen molar-refractivity contribution in [3.63, 3.8) is 0 Å². The summed E-state index contributed by atoms with van der Waals surface area (Å²) in [5.74, 6) is 0.0188. The third-order valence-corrected chi connectivity index (χ3v) is 5.26. The van der Waals surface area contributed by atoms with Gasteiger partial charge in [0, 0.05) is 36.5 Å². The van der Waals surface area contributed by atoms with E-state index in [1.807, 2.05) is 11.1 Å². The number of hydrogen-bond donors (Lipinski definition) is 1. The summed E-state index contributed by atoms with van der Waals surface area (Å²) in [7, 11) is 0. The van der Waals surface area contributed by atoms with Crippen LogP contribution in [0.5, 0.6) is 0 Å². The van der Waals surface area contributed by atoms with Gasteiger partial charge >= 0.3 is 0 Å². The van der Waals surface area contributed by atoms with Crippen LogP contribution in [0.15, 0.2) is 35.4 Å². The number of amides is 1. The number of aromatic nitrogens is 3. The molecule has 2 aliphatic rings. The van der Waals surface area contributed by atoms with Gasteiger partial charge in [0.25, 0.3) is 5.56 Å². The largest absolute Gasteiger partial charge is 0.340 e. The van der Waals surface area contributed by atoms with Crippen LogP contribution < -0.4 is 5.56 Å². The van der Waals surface area contributed by atoms with Crippen LogP contribution in [0.2, 0.25) is 0 Å².